The van der Waals surface area contributed by atoms with Gasteiger partial charge in [-0.2, -0.15) is 0 Å². The number of likely N-dealkylation sites (tertiary alicyclic amines) is 1. The molecule has 0 N–H and O–H groups in total. The van der Waals surface area contributed by atoms with Gasteiger partial charge in [0.25, 0.3) is 5.69 Å². The van der Waals surface area contributed by atoms with Gasteiger partial charge in [0.15, 0.2) is 0 Å². The molecule has 8 heteroatoms. The summed E-state index contributed by atoms with van der Waals surface area (Å²) in [7, 11) is 1.55. The Kier molecular flexibility index (Phi) is 2.71. The number of carbonyl (C=O) groups excluding carboxylic acids is 2. The minimum Gasteiger partial charge on any atom is -0.391 e. The maximum Gasteiger partial charge on any atom is 0.269 e. The van der Waals surface area contributed by atoms with Crippen molar-refractivity contribution < 1.29 is 19.3 Å². The second kappa shape index (κ2) is 4.65. The lowest BCUT2D eigenvalue weighted by molar-refractivity contribution is -0.384. The SMILES string of the molecule is CN1C(=O)[C@@H]2[C@@H]3C[C@@H]([C@H]4C(c5ccc([N+](=O)[O-])cc5)=NO[C@@H]34)[C@@H]2C1=O. The van der Waals surface area contributed by atoms with Crippen LogP contribution in [0.2, 0.25) is 0 Å². The summed E-state index contributed by atoms with van der Waals surface area (Å²) in [5.74, 6) is -0.748. The maximum atomic E-state index is 12.5. The van der Waals surface area contributed by atoms with Gasteiger partial charge in [-0.15, -0.1) is 0 Å². The third-order valence-corrected chi connectivity index (χ3v) is 6.28. The molecule has 2 aliphatic heterocycles. The summed E-state index contributed by atoms with van der Waals surface area (Å²) in [6.45, 7) is 0. The molecular weight excluding hydrogens is 326 g/mol. The largest absolute Gasteiger partial charge is 0.391 e. The van der Waals surface area contributed by atoms with Gasteiger partial charge in [0, 0.05) is 36.6 Å². The van der Waals surface area contributed by atoms with Gasteiger partial charge in [-0.3, -0.25) is 24.6 Å². The van der Waals surface area contributed by atoms with Crippen LogP contribution in [0.4, 0.5) is 5.69 Å². The molecule has 5 rings (SSSR count). The fourth-order valence-electron chi connectivity index (χ4n) is 5.27. The van der Waals surface area contributed by atoms with Crippen molar-refractivity contribution in [3.05, 3.63) is 39.9 Å². The van der Waals surface area contributed by atoms with Gasteiger partial charge in [-0.05, 0) is 24.5 Å². The molecule has 1 aromatic rings. The Bertz CT molecular complexity index is 848. The number of non-ortho nitro benzene ring substituents is 1. The average Bonchev–Trinajstić information content (AvgIpc) is 3.33. The van der Waals surface area contributed by atoms with Crippen LogP contribution in [0.5, 0.6) is 0 Å². The van der Waals surface area contributed by atoms with E-state index >= 15 is 0 Å². The van der Waals surface area contributed by atoms with Crippen molar-refractivity contribution in [3.8, 4) is 0 Å². The number of carbonyl (C=O) groups is 2. The first-order chi connectivity index (χ1) is 12.0. The van der Waals surface area contributed by atoms with Crippen LogP contribution in [0.25, 0.3) is 0 Å². The van der Waals surface area contributed by atoms with Crippen molar-refractivity contribution >= 4 is 23.2 Å². The molecule has 8 nitrogen and oxygen atoms in total. The van der Waals surface area contributed by atoms with Crippen molar-refractivity contribution in [2.75, 3.05) is 7.05 Å². The molecule has 1 aromatic carbocycles. The zero-order chi connectivity index (χ0) is 17.5. The molecular formula is C17H15N3O5. The molecule has 2 heterocycles. The molecule has 3 fully saturated rings. The van der Waals surface area contributed by atoms with Gasteiger partial charge in [0.2, 0.25) is 11.8 Å². The minimum atomic E-state index is -0.444. The highest BCUT2D eigenvalue weighted by atomic mass is 16.6. The number of nitrogens with zero attached hydrogens (tertiary/aromatic N) is 3. The Hall–Kier alpha value is -2.77. The summed E-state index contributed by atoms with van der Waals surface area (Å²) in [6.07, 6.45) is 0.613. The first kappa shape index (κ1) is 14.6. The highest BCUT2D eigenvalue weighted by Crippen LogP contribution is 2.61. The van der Waals surface area contributed by atoms with E-state index in [2.05, 4.69) is 5.16 Å². The number of oxime groups is 1. The zero-order valence-electron chi connectivity index (χ0n) is 13.4. The molecule has 4 aliphatic rings. The highest BCUT2D eigenvalue weighted by Gasteiger charge is 2.69. The number of fused-ring (bicyclic) bond motifs is 8. The maximum absolute atomic E-state index is 12.5. The van der Waals surface area contributed by atoms with Crippen LogP contribution in [0.1, 0.15) is 12.0 Å². The zero-order valence-corrected chi connectivity index (χ0v) is 13.4. The second-order valence-corrected chi connectivity index (χ2v) is 7.23. The number of amides is 2. The summed E-state index contributed by atoms with van der Waals surface area (Å²) in [4.78, 5) is 42.1. The van der Waals surface area contributed by atoms with E-state index in [1.807, 2.05) is 0 Å². The fraction of sp³-hybridized carbons (Fsp3) is 0.471. The quantitative estimate of drug-likeness (QED) is 0.457. The summed E-state index contributed by atoms with van der Waals surface area (Å²) >= 11 is 0. The Morgan fingerprint density at radius 2 is 1.76 bits per heavy atom. The summed E-state index contributed by atoms with van der Waals surface area (Å²) < 4.78 is 0. The van der Waals surface area contributed by atoms with Gasteiger partial charge in [0.1, 0.15) is 6.10 Å². The van der Waals surface area contributed by atoms with E-state index in [9.17, 15) is 19.7 Å². The van der Waals surface area contributed by atoms with E-state index in [-0.39, 0.29) is 53.2 Å². The Labute approximate surface area is 142 Å². The van der Waals surface area contributed by atoms with E-state index in [0.717, 1.165) is 17.7 Å². The van der Waals surface area contributed by atoms with E-state index in [1.165, 1.54) is 17.0 Å². The molecule has 2 saturated carbocycles. The molecule has 2 amide bonds. The predicted molar refractivity (Wildman–Crippen MR) is 84.4 cm³/mol. The van der Waals surface area contributed by atoms with Gasteiger partial charge < -0.3 is 4.84 Å². The van der Waals surface area contributed by atoms with Crippen molar-refractivity contribution in [2.24, 2.45) is 34.7 Å². The molecule has 2 bridgehead atoms. The molecule has 25 heavy (non-hydrogen) atoms. The normalized spacial score (nSPS) is 37.8. The number of nitro groups is 1. The molecule has 0 radical (unpaired) electrons. The lowest BCUT2D eigenvalue weighted by Gasteiger charge is -2.29. The van der Waals surface area contributed by atoms with Gasteiger partial charge in [-0.25, -0.2) is 0 Å². The number of imide groups is 1. The molecule has 1 saturated heterocycles. The third-order valence-electron chi connectivity index (χ3n) is 6.28. The number of benzene rings is 1. The van der Waals surface area contributed by atoms with Crippen LogP contribution in [0.3, 0.4) is 0 Å². The van der Waals surface area contributed by atoms with Crippen LogP contribution in [-0.2, 0) is 14.4 Å². The summed E-state index contributed by atoms with van der Waals surface area (Å²) in [5, 5.41) is 15.0. The number of rotatable bonds is 2. The van der Waals surface area contributed by atoms with E-state index in [0.29, 0.717) is 0 Å². The first-order valence-electron chi connectivity index (χ1n) is 8.29. The minimum absolute atomic E-state index is 0.0145. The topological polar surface area (TPSA) is 102 Å². The van der Waals surface area contributed by atoms with Crippen LogP contribution in [0, 0.1) is 39.7 Å². The fourth-order valence-corrected chi connectivity index (χ4v) is 5.27. The molecule has 6 atom stereocenters. The van der Waals surface area contributed by atoms with Gasteiger partial charge in [0.05, 0.1) is 22.5 Å². The van der Waals surface area contributed by atoms with E-state index < -0.39 is 4.92 Å². The number of nitro benzene ring substituents is 1. The van der Waals surface area contributed by atoms with Gasteiger partial charge in [-0.1, -0.05) is 5.16 Å². The van der Waals surface area contributed by atoms with Crippen molar-refractivity contribution in [2.45, 2.75) is 12.5 Å². The van der Waals surface area contributed by atoms with Crippen LogP contribution >= 0.6 is 0 Å². The first-order valence-corrected chi connectivity index (χ1v) is 8.29. The van der Waals surface area contributed by atoms with Crippen molar-refractivity contribution in [1.82, 2.24) is 4.90 Å². The highest BCUT2D eigenvalue weighted by molar-refractivity contribution is 6.08. The molecule has 0 unspecified atom stereocenters. The summed E-state index contributed by atoms with van der Waals surface area (Å²) in [6, 6.07) is 6.22. The Balaban J connectivity index is 1.49. The predicted octanol–water partition coefficient (Wildman–Crippen LogP) is 1.19. The molecule has 0 aromatic heterocycles. The monoisotopic (exact) mass is 341 g/mol. The van der Waals surface area contributed by atoms with Crippen molar-refractivity contribution in [1.29, 1.82) is 0 Å². The molecule has 2 aliphatic carbocycles. The van der Waals surface area contributed by atoms with Crippen LogP contribution in [0.15, 0.2) is 29.4 Å². The van der Waals surface area contributed by atoms with Gasteiger partial charge >= 0.3 is 0 Å². The second-order valence-electron chi connectivity index (χ2n) is 7.23. The lowest BCUT2D eigenvalue weighted by Crippen LogP contribution is -2.41. The Morgan fingerprint density at radius 3 is 2.40 bits per heavy atom. The standard InChI is InChI=1S/C17H15N3O5/c1-19-16(21)11-9-6-10(12(11)17(19)22)15-13(9)14(18-25-15)7-2-4-8(5-3-7)20(23)24/h2-5,9-13,15H,6H2,1H3/t9-,10+,11+,12-,13+,15+/m1/s1. The molecule has 128 valence electrons. The van der Waals surface area contributed by atoms with E-state index in [1.54, 1.807) is 19.2 Å². The third kappa shape index (κ3) is 1.69. The van der Waals surface area contributed by atoms with Crippen molar-refractivity contribution in [3.63, 3.8) is 0 Å². The lowest BCUT2D eigenvalue weighted by atomic mass is 9.71. The number of hydrogen-bond acceptors (Lipinski definition) is 6. The van der Waals surface area contributed by atoms with E-state index in [4.69, 9.17) is 4.84 Å². The molecule has 0 spiro atoms. The van der Waals surface area contributed by atoms with Crippen LogP contribution in [-0.4, -0.2) is 40.5 Å². The smallest absolute Gasteiger partial charge is 0.269 e. The summed E-state index contributed by atoms with van der Waals surface area (Å²) in [5.41, 5.74) is 1.53. The Morgan fingerprint density at radius 1 is 1.12 bits per heavy atom. The van der Waals surface area contributed by atoms with Crippen LogP contribution < -0.4 is 0 Å². The number of hydrogen-bond donors (Lipinski definition) is 0. The average molecular weight is 341 g/mol.